The van der Waals surface area contributed by atoms with E-state index in [0.717, 1.165) is 145 Å². The molecule has 10 unspecified atom stereocenters. The third-order valence-electron chi connectivity index (χ3n) is 44.4. The molecule has 0 aromatic heterocycles. The monoisotopic (exact) mass is 1870 g/mol. The molecule has 0 saturated heterocycles. The van der Waals surface area contributed by atoms with Gasteiger partial charge < -0.3 is 39.8 Å². The van der Waals surface area contributed by atoms with Gasteiger partial charge >= 0.3 is 11.9 Å². The predicted octanol–water partition coefficient (Wildman–Crippen LogP) is 22.6. The fourth-order valence-electron chi connectivity index (χ4n) is 37.0. The third kappa shape index (κ3) is 17.0. The van der Waals surface area contributed by atoms with Gasteiger partial charge in [0.15, 0.2) is 0 Å². The van der Waals surface area contributed by atoms with Gasteiger partial charge in [0.05, 0.1) is 23.5 Å². The first-order valence-corrected chi connectivity index (χ1v) is 52.5. The molecule has 20 aliphatic rings. The van der Waals surface area contributed by atoms with Gasteiger partial charge in [0.1, 0.15) is 0 Å². The second kappa shape index (κ2) is 38.9. The van der Waals surface area contributed by atoms with Crippen LogP contribution in [0, 0.1) is 191 Å². The number of nitrogens with zero attached hydrogens (tertiary/aromatic N) is 6. The Morgan fingerprint density at radius 3 is 0.948 bits per heavy atom. The van der Waals surface area contributed by atoms with Crippen LogP contribution in [0.4, 0.5) is 0 Å². The van der Waals surface area contributed by atoms with Crippen molar-refractivity contribution >= 4 is 51.6 Å². The smallest absolute Gasteiger partial charge is 0.307 e. The van der Waals surface area contributed by atoms with Crippen LogP contribution in [-0.4, -0.2) is 168 Å². The Morgan fingerprint density at radius 1 is 0.373 bits per heavy atom. The zero-order chi connectivity index (χ0) is 92.4. The Bertz CT molecular complexity index is 4820. The van der Waals surface area contributed by atoms with Crippen LogP contribution in [0.2, 0.25) is 0 Å². The van der Waals surface area contributed by atoms with Crippen molar-refractivity contribution in [2.75, 3.05) is 48.5 Å². The van der Waals surface area contributed by atoms with Gasteiger partial charge in [-0.05, 0) is 382 Å². The summed E-state index contributed by atoms with van der Waals surface area (Å²) in [7, 11) is 6.10. The molecule has 15 saturated carbocycles. The molecule has 0 spiro atoms. The number of carboxylic acid groups (broad SMARTS) is 2. The lowest BCUT2D eigenvalue weighted by Crippen LogP contribution is -2.59. The molecule has 20 heteroatoms. The van der Waals surface area contributed by atoms with Gasteiger partial charge in [-0.2, -0.15) is 13.7 Å². The van der Waals surface area contributed by atoms with Crippen LogP contribution >= 0.6 is 0 Å². The maximum Gasteiger partial charge on any atom is 0.307 e. The number of aliphatic hydroxyl groups excluding tert-OH is 1. The molecule has 0 bridgehead atoms. The van der Waals surface area contributed by atoms with E-state index >= 15 is 0 Å². The number of benzene rings is 1. The Labute approximate surface area is 809 Å². The first-order valence-electron chi connectivity index (χ1n) is 51.1. The van der Waals surface area contributed by atoms with Crippen LogP contribution in [0.25, 0.3) is 0 Å². The maximum atomic E-state index is 12.8. The molecule has 5 aliphatic heterocycles. The summed E-state index contributed by atoms with van der Waals surface area (Å²) in [5.74, 6) is 11.1. The van der Waals surface area contributed by atoms with E-state index in [9.17, 15) is 62.6 Å². The minimum absolute atomic E-state index is 0. The number of hydrogen-bond donors (Lipinski definition) is 3. The topological polar surface area (TPSA) is 264 Å². The molecule has 3 N–H and O–H groups in total. The quantitative estimate of drug-likeness (QED) is 0.194. The van der Waals surface area contributed by atoms with Crippen molar-refractivity contribution in [1.82, 2.24) is 24.5 Å². The Morgan fingerprint density at radius 2 is 0.642 bits per heavy atom. The molecule has 5 heterocycles. The van der Waals surface area contributed by atoms with Crippen molar-refractivity contribution in [3.05, 3.63) is 90.6 Å². The Balaban J connectivity index is 0.000000150. The average molecular weight is 1870 g/mol. The van der Waals surface area contributed by atoms with Crippen LogP contribution in [0.1, 0.15) is 317 Å². The van der Waals surface area contributed by atoms with Crippen LogP contribution < -0.4 is 0 Å². The van der Waals surface area contributed by atoms with E-state index in [4.69, 9.17) is 4.18 Å². The summed E-state index contributed by atoms with van der Waals surface area (Å²) in [5.41, 5.74) is 2.49. The van der Waals surface area contributed by atoms with E-state index in [2.05, 4.69) is 106 Å². The molecule has 748 valence electrons. The highest BCUT2D eigenvalue weighted by molar-refractivity contribution is 7.86. The summed E-state index contributed by atoms with van der Waals surface area (Å²) >= 11 is 0. The van der Waals surface area contributed by atoms with Crippen molar-refractivity contribution in [1.29, 1.82) is 5.26 Å². The van der Waals surface area contributed by atoms with E-state index in [1.165, 1.54) is 83.5 Å². The second-order valence-corrected chi connectivity index (χ2v) is 50.2. The number of aryl methyl sites for hydroxylation is 1. The van der Waals surface area contributed by atoms with Crippen LogP contribution in [-0.2, 0) is 47.9 Å². The van der Waals surface area contributed by atoms with Gasteiger partial charge in [0, 0.05) is 112 Å². The standard InChI is InChI=1S/C27H37NO4S.C21H30N2O.C21H31NO3.C20H29NO3.C20H31NO2.5CH4/c1-18-5-8-20(9-6-18)33(30,31)32-17-19-7-11-22-21-10-12-24-27(3,16-14-25(29)28(24)4)23(21)13-15-26(19,22)2;1-20-11-8-17-15(16(20)6-4-14(20)10-13-22)5-7-18-21(17,2)12-9-19(24)23(18)3;1-20-10-8-16-14(15(20)6-4-13(20)12-19(24)25)5-7-17-21(16,2)11-9-18(23)22(17)3;1-19-10-8-14-12(13(19)5-6-15(19)18(23)24)4-7-16-20(14,2)11-9-17(22)21(16)3;1-19-10-8-16-14(15(19)6-4-13(19)12-22)5-7-17-20(16,2)11-9-18(23)21(17)3;;;;;/h5-6,8-9,14,16,19,21-24H,7,10-13,15,17H2,1-4H3;9,12,14-18H,4-8,10-11H2,1-3H3;9,11,13-17H,4-8,10,12H2,1-3H3,(H,24,25);9,11-16H,4-8,10H2,1-3H3,(H,23,24);9,11,13-17,22H,4-8,10,12H2,1-3H3;5*1H4/t19-,21?,22+,23?,24-,26-,27-;14-,15?,16+,17?,18-,20-,21-;13-,14?,15+,16?,17-,20-,21-;12?,13-,14?,15+,16+,19-,20+;13-,14?,15+,16?,17-,19-,20-;;;;;/m11101...../s1. The normalized spacial score (nSPS) is 45.9. The van der Waals surface area contributed by atoms with Crippen molar-refractivity contribution in [3.63, 3.8) is 0 Å². The molecule has 5 amide bonds. The molecular formula is C114H178N6O13S. The molecule has 0 radical (unpaired) electrons. The van der Waals surface area contributed by atoms with E-state index < -0.39 is 22.1 Å². The van der Waals surface area contributed by atoms with E-state index in [-0.39, 0.29) is 133 Å². The first-order chi connectivity index (χ1) is 60.9. The van der Waals surface area contributed by atoms with Crippen molar-refractivity contribution in [2.24, 2.45) is 173 Å². The van der Waals surface area contributed by atoms with Crippen molar-refractivity contribution in [2.45, 2.75) is 354 Å². The fourth-order valence-corrected chi connectivity index (χ4v) is 38.0. The molecule has 1 aromatic carbocycles. The lowest BCUT2D eigenvalue weighted by atomic mass is 9.47. The van der Waals surface area contributed by atoms with E-state index in [1.807, 2.05) is 90.9 Å². The minimum atomic E-state index is -3.74. The van der Waals surface area contributed by atoms with E-state index in [0.29, 0.717) is 137 Å². The number of amides is 5. The van der Waals surface area contributed by atoms with Crippen molar-refractivity contribution < 1.29 is 61.5 Å². The lowest BCUT2D eigenvalue weighted by molar-refractivity contribution is -0.152. The predicted molar refractivity (Wildman–Crippen MR) is 533 cm³/mol. The fraction of sp³-hybridized carbons (Fsp3) is 0.789. The van der Waals surface area contributed by atoms with Crippen LogP contribution in [0.15, 0.2) is 89.9 Å². The number of nitriles is 1. The largest absolute Gasteiger partial charge is 0.481 e. The molecule has 15 aliphatic carbocycles. The van der Waals surface area contributed by atoms with Gasteiger partial charge in [0.25, 0.3) is 10.1 Å². The third-order valence-corrected chi connectivity index (χ3v) is 45.7. The molecule has 134 heavy (non-hydrogen) atoms. The van der Waals surface area contributed by atoms with Crippen LogP contribution in [0.5, 0.6) is 0 Å². The van der Waals surface area contributed by atoms with Gasteiger partial charge in [-0.25, -0.2) is 0 Å². The number of carbonyl (C=O) groups is 7. The highest BCUT2D eigenvalue weighted by Crippen LogP contribution is 2.72. The summed E-state index contributed by atoms with van der Waals surface area (Å²) in [6, 6.07) is 11.0. The number of aliphatic hydroxyl groups is 1. The van der Waals surface area contributed by atoms with Gasteiger partial charge in [-0.3, -0.25) is 37.7 Å². The van der Waals surface area contributed by atoms with E-state index in [1.54, 1.807) is 30.4 Å². The minimum Gasteiger partial charge on any atom is -0.481 e. The summed E-state index contributed by atoms with van der Waals surface area (Å²) in [6.45, 7) is 26.4. The number of fused-ring (bicyclic) bond motifs is 25. The zero-order valence-electron chi connectivity index (χ0n) is 81.1. The number of likely N-dealkylation sites (N-methyl/N-ethyl adjacent to an activating group) is 5. The first kappa shape index (κ1) is 106. The molecular weight excluding hydrogens is 1690 g/mol. The lowest BCUT2D eigenvalue weighted by Gasteiger charge is -2.60. The summed E-state index contributed by atoms with van der Waals surface area (Å²) in [4.78, 5) is 93.8. The molecule has 1 aromatic rings. The summed E-state index contributed by atoms with van der Waals surface area (Å²) in [5, 5.41) is 38.0. The Hall–Kier alpha value is -6.43. The molecule has 19 nitrogen and oxygen atoms in total. The molecule has 35 atom stereocenters. The molecule has 15 fully saturated rings. The maximum absolute atomic E-state index is 12.8. The Kier molecular flexibility index (Phi) is 30.9. The average Bonchev–Trinajstić information content (AvgIpc) is 1.44. The molecule has 21 rings (SSSR count). The summed E-state index contributed by atoms with van der Waals surface area (Å²) in [6.07, 6.45) is 55.7. The second-order valence-electron chi connectivity index (χ2n) is 48.6. The number of hydrogen-bond acceptors (Lipinski definition) is 12. The van der Waals surface area contributed by atoms with Gasteiger partial charge in [0.2, 0.25) is 29.5 Å². The van der Waals surface area contributed by atoms with Crippen molar-refractivity contribution in [3.8, 4) is 6.07 Å². The highest BCUT2D eigenvalue weighted by Gasteiger charge is 2.68. The van der Waals surface area contributed by atoms with Gasteiger partial charge in [-0.15, -0.1) is 0 Å². The number of carbonyl (C=O) groups excluding carboxylic acids is 5. The number of rotatable bonds is 9. The SMILES string of the molecule is C.C.C.C.C.CN1C(=O)C=C[C@]2(C)C3CC[C@]4(C)[C@@H](C(=O)O)CC[C@H]4C3CC[C@@H]12.CN1C(=O)C=C[C@]2(C)C3CC[C@]4(C)[C@@H](CC#N)CC[C@H]4C3CC[C@@H]12.CN1C(=O)C=C[C@]2(C)C3CC[C@]4(C)[C@@H](CC(=O)O)CC[C@H]4C3CC[C@@H]12.CN1C(=O)C=C[C@]2(C)C3CC[C@]4(C)[C@@H](CO)CC[C@H]4C3CC[C@@H]12.Cc1ccc(S(=O)(=O)OC[C@H]2CC[C@H]3C4CC[C@H]5N(C)C(=O)C=C[C@]5(C)C4CC[C@]23C)cc1. The highest BCUT2D eigenvalue weighted by atomic mass is 32.2. The summed E-state index contributed by atoms with van der Waals surface area (Å²) < 4.78 is 31.2. The van der Waals surface area contributed by atoms with Gasteiger partial charge in [-0.1, -0.05) is 154 Å². The number of aliphatic carboxylic acids is 2. The number of carboxylic acids is 2. The zero-order valence-corrected chi connectivity index (χ0v) is 81.9. The van der Waals surface area contributed by atoms with Crippen LogP contribution in [0.3, 0.4) is 0 Å².